The van der Waals surface area contributed by atoms with E-state index < -0.39 is 19.0 Å². The highest BCUT2D eigenvalue weighted by molar-refractivity contribution is 5.23. The topological polar surface area (TPSA) is 20.2 Å². The van der Waals surface area contributed by atoms with Gasteiger partial charge >= 0.3 is 0 Å². The highest BCUT2D eigenvalue weighted by atomic mass is 19.3. The summed E-state index contributed by atoms with van der Waals surface area (Å²) in [4.78, 5) is 0. The lowest BCUT2D eigenvalue weighted by atomic mass is 10.0. The maximum absolute atomic E-state index is 12.8. The molecule has 0 aliphatic heterocycles. The van der Waals surface area contributed by atoms with Gasteiger partial charge in [-0.3, -0.25) is 0 Å². The molecular weight excluding hydrogens is 198 g/mol. The van der Waals surface area contributed by atoms with Gasteiger partial charge in [-0.05, 0) is 17.5 Å². The third-order valence-corrected chi connectivity index (χ3v) is 2.26. The highest BCUT2D eigenvalue weighted by Crippen LogP contribution is 2.19. The molecule has 0 aliphatic rings. The summed E-state index contributed by atoms with van der Waals surface area (Å²) in [5, 5.41) is 8.44. The Morgan fingerprint density at radius 1 is 1.13 bits per heavy atom. The van der Waals surface area contributed by atoms with Crippen LogP contribution in [0.5, 0.6) is 0 Å². The Balaban J connectivity index is 2.64. The first-order valence-corrected chi connectivity index (χ1v) is 5.14. The molecule has 84 valence electrons. The van der Waals surface area contributed by atoms with Gasteiger partial charge in [-0.2, -0.15) is 0 Å². The Morgan fingerprint density at radius 2 is 1.67 bits per heavy atom. The summed E-state index contributed by atoms with van der Waals surface area (Å²) in [5.41, 5.74) is 1.72. The Morgan fingerprint density at radius 3 is 2.13 bits per heavy atom. The molecule has 0 saturated heterocycles. The van der Waals surface area contributed by atoms with Gasteiger partial charge in [-0.1, -0.05) is 37.6 Å². The maximum atomic E-state index is 12.8. The van der Waals surface area contributed by atoms with E-state index in [1.165, 1.54) is 0 Å². The average molecular weight is 214 g/mol. The molecule has 1 nitrogen and oxygen atoms in total. The van der Waals surface area contributed by atoms with Crippen LogP contribution < -0.4 is 0 Å². The number of aliphatic hydroxyl groups excluding tert-OH is 1. The van der Waals surface area contributed by atoms with Crippen molar-refractivity contribution in [1.29, 1.82) is 0 Å². The van der Waals surface area contributed by atoms with Crippen LogP contribution in [0.4, 0.5) is 8.78 Å². The molecule has 1 aromatic carbocycles. The van der Waals surface area contributed by atoms with E-state index in [1.807, 2.05) is 12.1 Å². The van der Waals surface area contributed by atoms with Crippen LogP contribution in [0.1, 0.15) is 24.5 Å². The number of hydrogen-bond acceptors (Lipinski definition) is 1. The fourth-order valence-corrected chi connectivity index (χ4v) is 1.47. The van der Waals surface area contributed by atoms with Gasteiger partial charge in [0.2, 0.25) is 0 Å². The van der Waals surface area contributed by atoms with Gasteiger partial charge in [0, 0.05) is 6.42 Å². The molecule has 15 heavy (non-hydrogen) atoms. The second-order valence-corrected chi connectivity index (χ2v) is 3.76. The lowest BCUT2D eigenvalue weighted by Crippen LogP contribution is -2.24. The number of aliphatic hydroxyl groups is 1. The van der Waals surface area contributed by atoms with Crippen LogP contribution in [0.25, 0.3) is 0 Å². The zero-order chi connectivity index (χ0) is 11.3. The lowest BCUT2D eigenvalue weighted by Gasteiger charge is -2.13. The van der Waals surface area contributed by atoms with Crippen molar-refractivity contribution in [3.63, 3.8) is 0 Å². The molecule has 1 N–H and O–H groups in total. The molecule has 0 saturated carbocycles. The smallest absolute Gasteiger partial charge is 0.274 e. The van der Waals surface area contributed by atoms with E-state index in [9.17, 15) is 8.78 Å². The van der Waals surface area contributed by atoms with E-state index in [-0.39, 0.29) is 0 Å². The molecule has 0 amide bonds. The second kappa shape index (κ2) is 5.21. The van der Waals surface area contributed by atoms with Gasteiger partial charge in [0.1, 0.15) is 6.61 Å². The zero-order valence-corrected chi connectivity index (χ0v) is 8.84. The number of benzene rings is 1. The van der Waals surface area contributed by atoms with Crippen LogP contribution in [0, 0.1) is 0 Å². The monoisotopic (exact) mass is 214 g/mol. The summed E-state index contributed by atoms with van der Waals surface area (Å²) in [5.74, 6) is -3.01. The molecule has 0 bridgehead atoms. The summed E-state index contributed by atoms with van der Waals surface area (Å²) in [7, 11) is 0. The van der Waals surface area contributed by atoms with Crippen molar-refractivity contribution in [3.05, 3.63) is 35.4 Å². The Hall–Kier alpha value is -0.960. The minimum absolute atomic E-state index is 0.393. The summed E-state index contributed by atoms with van der Waals surface area (Å²) in [6.07, 6.45) is 1.62. The van der Waals surface area contributed by atoms with E-state index in [4.69, 9.17) is 5.11 Å². The summed E-state index contributed by atoms with van der Waals surface area (Å²) >= 11 is 0. The zero-order valence-electron chi connectivity index (χ0n) is 8.84. The van der Waals surface area contributed by atoms with Gasteiger partial charge in [0.05, 0.1) is 0 Å². The third kappa shape index (κ3) is 3.96. The SMILES string of the molecule is CCCc1ccc(CC(F)(F)CO)cc1. The van der Waals surface area contributed by atoms with E-state index in [1.54, 1.807) is 12.1 Å². The molecule has 0 heterocycles. The first-order chi connectivity index (χ1) is 7.07. The normalized spacial score (nSPS) is 11.7. The van der Waals surface area contributed by atoms with E-state index in [0.29, 0.717) is 5.56 Å². The number of aryl methyl sites for hydroxylation is 1. The first-order valence-electron chi connectivity index (χ1n) is 5.14. The molecule has 0 aromatic heterocycles. The standard InChI is InChI=1S/C12H16F2O/c1-2-3-10-4-6-11(7-5-10)8-12(13,14)9-15/h4-7,15H,2-3,8-9H2,1H3. The minimum atomic E-state index is -3.01. The largest absolute Gasteiger partial charge is 0.390 e. The predicted molar refractivity (Wildman–Crippen MR) is 56.2 cm³/mol. The Labute approximate surface area is 88.7 Å². The molecule has 0 fully saturated rings. The molecule has 0 spiro atoms. The van der Waals surface area contributed by atoms with Crippen molar-refractivity contribution in [2.45, 2.75) is 32.1 Å². The maximum Gasteiger partial charge on any atom is 0.274 e. The van der Waals surface area contributed by atoms with Crippen molar-refractivity contribution in [1.82, 2.24) is 0 Å². The minimum Gasteiger partial charge on any atom is -0.390 e. The van der Waals surface area contributed by atoms with Gasteiger partial charge in [0.25, 0.3) is 5.92 Å². The van der Waals surface area contributed by atoms with Crippen molar-refractivity contribution in [3.8, 4) is 0 Å². The summed E-state index contributed by atoms with van der Waals surface area (Å²) < 4.78 is 25.7. The van der Waals surface area contributed by atoms with E-state index in [2.05, 4.69) is 6.92 Å². The van der Waals surface area contributed by atoms with Gasteiger partial charge in [-0.25, -0.2) is 8.78 Å². The van der Waals surface area contributed by atoms with Crippen molar-refractivity contribution in [2.75, 3.05) is 6.61 Å². The number of hydrogen-bond donors (Lipinski definition) is 1. The molecule has 1 aromatic rings. The molecule has 0 atom stereocenters. The number of alkyl halides is 2. The van der Waals surface area contributed by atoms with E-state index in [0.717, 1.165) is 18.4 Å². The molecule has 0 radical (unpaired) electrons. The molecular formula is C12H16F2O. The molecule has 3 heteroatoms. The van der Waals surface area contributed by atoms with Crippen molar-refractivity contribution in [2.24, 2.45) is 0 Å². The van der Waals surface area contributed by atoms with Crippen LogP contribution >= 0.6 is 0 Å². The second-order valence-electron chi connectivity index (χ2n) is 3.76. The number of rotatable bonds is 5. The van der Waals surface area contributed by atoms with Gasteiger partial charge in [0.15, 0.2) is 0 Å². The van der Waals surface area contributed by atoms with E-state index >= 15 is 0 Å². The quantitative estimate of drug-likeness (QED) is 0.799. The highest BCUT2D eigenvalue weighted by Gasteiger charge is 2.27. The van der Waals surface area contributed by atoms with Crippen molar-refractivity contribution < 1.29 is 13.9 Å². The van der Waals surface area contributed by atoms with Crippen molar-refractivity contribution >= 4 is 0 Å². The molecule has 0 unspecified atom stereocenters. The predicted octanol–water partition coefficient (Wildman–Crippen LogP) is 2.81. The first kappa shape index (κ1) is 12.1. The van der Waals surface area contributed by atoms with Gasteiger partial charge < -0.3 is 5.11 Å². The van der Waals surface area contributed by atoms with Crippen LogP contribution in [-0.2, 0) is 12.8 Å². The number of halogens is 2. The third-order valence-electron chi connectivity index (χ3n) is 2.26. The Bertz CT molecular complexity index is 293. The average Bonchev–Trinajstić information content (AvgIpc) is 2.21. The Kier molecular flexibility index (Phi) is 4.21. The van der Waals surface area contributed by atoms with Crippen LogP contribution in [-0.4, -0.2) is 17.6 Å². The lowest BCUT2D eigenvalue weighted by molar-refractivity contribution is -0.0488. The molecule has 1 rings (SSSR count). The summed E-state index contributed by atoms with van der Waals surface area (Å²) in [6, 6.07) is 7.14. The van der Waals surface area contributed by atoms with Crippen LogP contribution in [0.3, 0.4) is 0 Å². The molecule has 0 aliphatic carbocycles. The van der Waals surface area contributed by atoms with Crippen LogP contribution in [0.2, 0.25) is 0 Å². The van der Waals surface area contributed by atoms with Crippen LogP contribution in [0.15, 0.2) is 24.3 Å². The summed E-state index contributed by atoms with van der Waals surface area (Å²) in [6.45, 7) is 0.984. The van der Waals surface area contributed by atoms with Gasteiger partial charge in [-0.15, -0.1) is 0 Å². The fourth-order valence-electron chi connectivity index (χ4n) is 1.47. The fraction of sp³-hybridized carbons (Fsp3) is 0.500.